The lowest BCUT2D eigenvalue weighted by Gasteiger charge is -2.15. The molecule has 0 bridgehead atoms. The van der Waals surface area contributed by atoms with Crippen LogP contribution in [0.2, 0.25) is 0 Å². The fraction of sp³-hybridized carbons (Fsp3) is 0.438. The highest BCUT2D eigenvalue weighted by molar-refractivity contribution is 7.89. The highest BCUT2D eigenvalue weighted by atomic mass is 32.2. The molecule has 1 rings (SSSR count). The first-order valence-electron chi connectivity index (χ1n) is 7.65. The van der Waals surface area contributed by atoms with Gasteiger partial charge in [0.15, 0.2) is 6.10 Å². The highest BCUT2D eigenvalue weighted by Crippen LogP contribution is 2.12. The Morgan fingerprint density at radius 1 is 1.20 bits per heavy atom. The van der Waals surface area contributed by atoms with E-state index in [0.29, 0.717) is 0 Å². The number of nitrogens with one attached hydrogen (secondary N) is 2. The van der Waals surface area contributed by atoms with Crippen LogP contribution in [-0.4, -0.2) is 39.0 Å². The topological polar surface area (TPSA) is 125 Å². The van der Waals surface area contributed by atoms with E-state index in [2.05, 4.69) is 10.0 Å². The van der Waals surface area contributed by atoms with Gasteiger partial charge in [-0.25, -0.2) is 17.9 Å². The highest BCUT2D eigenvalue weighted by Gasteiger charge is 2.20. The van der Waals surface area contributed by atoms with Gasteiger partial charge in [-0.05, 0) is 45.0 Å². The molecule has 0 aliphatic heterocycles. The van der Waals surface area contributed by atoms with E-state index in [1.807, 2.05) is 6.07 Å². The van der Waals surface area contributed by atoms with Crippen LogP contribution in [0.4, 0.5) is 0 Å². The molecule has 0 radical (unpaired) electrons. The Morgan fingerprint density at radius 2 is 1.80 bits per heavy atom. The first-order chi connectivity index (χ1) is 11.7. The average Bonchev–Trinajstić information content (AvgIpc) is 2.54. The summed E-state index contributed by atoms with van der Waals surface area (Å²) in [6.45, 7) is 5.03. The molecule has 9 heteroatoms. The zero-order valence-corrected chi connectivity index (χ0v) is 15.1. The number of hydrogen-bond acceptors (Lipinski definition) is 6. The Kier molecular flexibility index (Phi) is 7.54. The van der Waals surface area contributed by atoms with Gasteiger partial charge in [0.05, 0.1) is 16.5 Å². The van der Waals surface area contributed by atoms with Crippen LogP contribution in [0.15, 0.2) is 29.2 Å². The third-order valence-electron chi connectivity index (χ3n) is 3.01. The lowest BCUT2D eigenvalue weighted by molar-refractivity contribution is -0.129. The predicted molar refractivity (Wildman–Crippen MR) is 90.0 cm³/mol. The van der Waals surface area contributed by atoms with Crippen molar-refractivity contribution < 1.29 is 22.7 Å². The fourth-order valence-corrected chi connectivity index (χ4v) is 2.81. The molecule has 2 N–H and O–H groups in total. The van der Waals surface area contributed by atoms with Crippen LogP contribution in [0.25, 0.3) is 0 Å². The summed E-state index contributed by atoms with van der Waals surface area (Å²) in [5.41, 5.74) is 0.125. The van der Waals surface area contributed by atoms with E-state index >= 15 is 0 Å². The lowest BCUT2D eigenvalue weighted by atomic mass is 10.2. The van der Waals surface area contributed by atoms with E-state index in [-0.39, 0.29) is 29.5 Å². The molecule has 0 saturated carbocycles. The van der Waals surface area contributed by atoms with E-state index in [1.54, 1.807) is 13.8 Å². The van der Waals surface area contributed by atoms with Crippen molar-refractivity contribution in [3.63, 3.8) is 0 Å². The molecule has 1 aromatic carbocycles. The first-order valence-corrected chi connectivity index (χ1v) is 9.13. The van der Waals surface area contributed by atoms with E-state index in [1.165, 1.54) is 31.2 Å². The molecule has 8 nitrogen and oxygen atoms in total. The van der Waals surface area contributed by atoms with Gasteiger partial charge in [0.25, 0.3) is 5.91 Å². The molecule has 1 amide bonds. The summed E-state index contributed by atoms with van der Waals surface area (Å²) in [7, 11) is -3.74. The Hall–Kier alpha value is -2.44. The summed E-state index contributed by atoms with van der Waals surface area (Å²) in [6, 6.07) is 6.86. The fourth-order valence-electron chi connectivity index (χ4n) is 1.78. The molecule has 0 aliphatic carbocycles. The molecule has 0 fully saturated rings. The summed E-state index contributed by atoms with van der Waals surface area (Å²) < 4.78 is 31.3. The molecule has 0 unspecified atom stereocenters. The van der Waals surface area contributed by atoms with Crippen LogP contribution in [-0.2, 0) is 19.6 Å². The number of esters is 1. The van der Waals surface area contributed by atoms with Crippen LogP contribution < -0.4 is 10.0 Å². The molecule has 0 saturated heterocycles. The van der Waals surface area contributed by atoms with Gasteiger partial charge in [-0.3, -0.25) is 4.79 Å². The second kappa shape index (κ2) is 9.15. The van der Waals surface area contributed by atoms with Crippen LogP contribution in [0.3, 0.4) is 0 Å². The predicted octanol–water partition coefficient (Wildman–Crippen LogP) is 0.948. The Balaban J connectivity index is 2.74. The zero-order chi connectivity index (χ0) is 19.0. The largest absolute Gasteiger partial charge is 0.449 e. The lowest BCUT2D eigenvalue weighted by Crippen LogP contribution is -2.39. The summed E-state index contributed by atoms with van der Waals surface area (Å²) in [5.74, 6) is -1.14. The van der Waals surface area contributed by atoms with Gasteiger partial charge in [0.1, 0.15) is 0 Å². The zero-order valence-electron chi connectivity index (χ0n) is 14.3. The van der Waals surface area contributed by atoms with E-state index < -0.39 is 28.0 Å². The first kappa shape index (κ1) is 20.6. The summed E-state index contributed by atoms with van der Waals surface area (Å²) in [4.78, 5) is 23.7. The number of rotatable bonds is 8. The van der Waals surface area contributed by atoms with Crippen LogP contribution in [0.5, 0.6) is 0 Å². The van der Waals surface area contributed by atoms with Crippen molar-refractivity contribution in [1.29, 1.82) is 5.26 Å². The molecule has 0 aliphatic rings. The second-order valence-electron chi connectivity index (χ2n) is 5.54. The van der Waals surface area contributed by atoms with Gasteiger partial charge in [0, 0.05) is 19.0 Å². The van der Waals surface area contributed by atoms with Gasteiger partial charge >= 0.3 is 5.97 Å². The van der Waals surface area contributed by atoms with Crippen molar-refractivity contribution in [2.24, 2.45) is 0 Å². The maximum atomic E-state index is 12.0. The maximum absolute atomic E-state index is 12.0. The van der Waals surface area contributed by atoms with Gasteiger partial charge in [-0.2, -0.15) is 5.26 Å². The van der Waals surface area contributed by atoms with Gasteiger partial charge < -0.3 is 10.1 Å². The number of hydrogen-bond donors (Lipinski definition) is 2. The van der Waals surface area contributed by atoms with E-state index in [9.17, 15) is 18.0 Å². The van der Waals surface area contributed by atoms with Gasteiger partial charge in [0.2, 0.25) is 10.0 Å². The van der Waals surface area contributed by atoms with Gasteiger partial charge in [-0.15, -0.1) is 0 Å². The number of nitrogens with zero attached hydrogens (tertiary/aromatic N) is 1. The number of amides is 1. The minimum atomic E-state index is -3.74. The third kappa shape index (κ3) is 6.52. The number of carbonyl (C=O) groups is 2. The molecular weight excluding hydrogens is 346 g/mol. The molecule has 1 aromatic rings. The summed E-state index contributed by atoms with van der Waals surface area (Å²) >= 11 is 0. The van der Waals surface area contributed by atoms with Crippen LogP contribution >= 0.6 is 0 Å². The van der Waals surface area contributed by atoms with Crippen molar-refractivity contribution in [3.8, 4) is 6.07 Å². The van der Waals surface area contributed by atoms with Crippen molar-refractivity contribution in [2.45, 2.75) is 44.2 Å². The maximum Gasteiger partial charge on any atom is 0.338 e. The van der Waals surface area contributed by atoms with Gasteiger partial charge in [-0.1, -0.05) is 0 Å². The Bertz CT molecular complexity index is 751. The molecule has 0 spiro atoms. The molecule has 0 heterocycles. The van der Waals surface area contributed by atoms with Crippen molar-refractivity contribution in [3.05, 3.63) is 29.8 Å². The Labute approximate surface area is 147 Å². The van der Waals surface area contributed by atoms with Crippen LogP contribution in [0.1, 0.15) is 37.6 Å². The number of ether oxygens (including phenoxy) is 1. The molecular formula is C16H21N3O5S. The smallest absolute Gasteiger partial charge is 0.338 e. The number of sulfonamides is 1. The third-order valence-corrected chi connectivity index (χ3v) is 4.49. The Morgan fingerprint density at radius 3 is 2.32 bits per heavy atom. The SMILES string of the molecule is CC(C)NC(=O)[C@@H](C)OC(=O)c1ccc(S(=O)(=O)NCCC#N)cc1. The van der Waals surface area contributed by atoms with E-state index in [4.69, 9.17) is 10.00 Å². The standard InChI is InChI=1S/C16H21N3O5S/c1-11(2)19-15(20)12(3)24-16(21)13-5-7-14(8-6-13)25(22,23)18-10-4-9-17/h5-8,11-12,18H,4,10H2,1-3H3,(H,19,20)/t12-/m1/s1. The number of carbonyl (C=O) groups excluding carboxylic acids is 2. The van der Waals surface area contributed by atoms with Crippen molar-refractivity contribution in [1.82, 2.24) is 10.0 Å². The van der Waals surface area contributed by atoms with E-state index in [0.717, 1.165) is 0 Å². The normalized spacial score (nSPS) is 12.3. The van der Waals surface area contributed by atoms with Crippen molar-refractivity contribution in [2.75, 3.05) is 6.54 Å². The monoisotopic (exact) mass is 367 g/mol. The quantitative estimate of drug-likeness (QED) is 0.520. The minimum Gasteiger partial charge on any atom is -0.449 e. The summed E-state index contributed by atoms with van der Waals surface area (Å²) in [5, 5.41) is 11.1. The number of nitriles is 1. The minimum absolute atomic E-state index is 0.00506. The van der Waals surface area contributed by atoms with Crippen LogP contribution in [0, 0.1) is 11.3 Å². The number of benzene rings is 1. The van der Waals surface area contributed by atoms with Crippen molar-refractivity contribution >= 4 is 21.9 Å². The molecule has 25 heavy (non-hydrogen) atoms. The average molecular weight is 367 g/mol. The second-order valence-corrected chi connectivity index (χ2v) is 7.31. The molecule has 136 valence electrons. The molecule has 1 atom stereocenters. The molecule has 0 aromatic heterocycles. The summed E-state index contributed by atoms with van der Waals surface area (Å²) in [6.07, 6.45) is -0.911.